The number of hydrogen-bond acceptors (Lipinski definition) is 3. The van der Waals surface area contributed by atoms with Crippen molar-refractivity contribution in [2.24, 2.45) is 0 Å². The lowest BCUT2D eigenvalue weighted by Gasteiger charge is -2.04. The highest BCUT2D eigenvalue weighted by Gasteiger charge is 2.05. The second-order valence-electron chi connectivity index (χ2n) is 3.22. The standard InChI is InChI=1S/C11H13NO2S/c1-7-5-9(3-4-10(7)12)15-6-8(2)11(13)14/h3-5H,2,6,12H2,1H3,(H,13,14). The van der Waals surface area contributed by atoms with E-state index in [0.29, 0.717) is 5.75 Å². The van der Waals surface area contributed by atoms with Crippen LogP contribution >= 0.6 is 11.8 Å². The second-order valence-corrected chi connectivity index (χ2v) is 4.26. The summed E-state index contributed by atoms with van der Waals surface area (Å²) in [6, 6.07) is 5.64. The largest absolute Gasteiger partial charge is 0.478 e. The highest BCUT2D eigenvalue weighted by molar-refractivity contribution is 7.99. The maximum Gasteiger partial charge on any atom is 0.331 e. The van der Waals surface area contributed by atoms with Gasteiger partial charge in [-0.15, -0.1) is 11.8 Å². The number of carboxylic acid groups (broad SMARTS) is 1. The SMILES string of the molecule is C=C(CSc1ccc(N)c(C)c1)C(=O)O. The summed E-state index contributed by atoms with van der Waals surface area (Å²) >= 11 is 1.44. The quantitative estimate of drug-likeness (QED) is 0.467. The molecule has 15 heavy (non-hydrogen) atoms. The third kappa shape index (κ3) is 3.32. The summed E-state index contributed by atoms with van der Waals surface area (Å²) in [6.45, 7) is 5.39. The minimum absolute atomic E-state index is 0.203. The number of carboxylic acids is 1. The highest BCUT2D eigenvalue weighted by Crippen LogP contribution is 2.23. The van der Waals surface area contributed by atoms with Crippen molar-refractivity contribution in [1.29, 1.82) is 0 Å². The van der Waals surface area contributed by atoms with E-state index in [2.05, 4.69) is 6.58 Å². The number of benzene rings is 1. The van der Waals surface area contributed by atoms with E-state index in [1.165, 1.54) is 11.8 Å². The summed E-state index contributed by atoms with van der Waals surface area (Å²) in [5.41, 5.74) is 7.62. The number of aryl methyl sites for hydroxylation is 1. The predicted molar refractivity (Wildman–Crippen MR) is 63.1 cm³/mol. The molecule has 0 aromatic heterocycles. The van der Waals surface area contributed by atoms with Crippen LogP contribution in [0.4, 0.5) is 5.69 Å². The average molecular weight is 223 g/mol. The molecule has 0 unspecified atom stereocenters. The van der Waals surface area contributed by atoms with Crippen molar-refractivity contribution in [3.63, 3.8) is 0 Å². The molecule has 4 heteroatoms. The van der Waals surface area contributed by atoms with E-state index < -0.39 is 5.97 Å². The van der Waals surface area contributed by atoms with Crippen LogP contribution < -0.4 is 5.73 Å². The van der Waals surface area contributed by atoms with Crippen molar-refractivity contribution in [2.45, 2.75) is 11.8 Å². The minimum atomic E-state index is -0.949. The summed E-state index contributed by atoms with van der Waals surface area (Å²) in [5, 5.41) is 8.63. The molecular weight excluding hydrogens is 210 g/mol. The van der Waals surface area contributed by atoms with E-state index >= 15 is 0 Å². The van der Waals surface area contributed by atoms with Gasteiger partial charge in [0.15, 0.2) is 0 Å². The van der Waals surface area contributed by atoms with Crippen LogP contribution in [0.15, 0.2) is 35.2 Å². The van der Waals surface area contributed by atoms with Gasteiger partial charge in [0.1, 0.15) is 0 Å². The van der Waals surface area contributed by atoms with Gasteiger partial charge >= 0.3 is 5.97 Å². The number of aliphatic carboxylic acids is 1. The molecule has 0 aliphatic rings. The number of anilines is 1. The van der Waals surface area contributed by atoms with E-state index in [9.17, 15) is 4.79 Å². The topological polar surface area (TPSA) is 63.3 Å². The van der Waals surface area contributed by atoms with Gasteiger partial charge in [-0.3, -0.25) is 0 Å². The lowest BCUT2D eigenvalue weighted by atomic mass is 10.2. The molecule has 1 rings (SSSR count). The summed E-state index contributed by atoms with van der Waals surface area (Å²) < 4.78 is 0. The molecule has 1 aromatic rings. The number of hydrogen-bond donors (Lipinski definition) is 2. The van der Waals surface area contributed by atoms with Gasteiger partial charge in [0.05, 0.1) is 0 Å². The van der Waals surface area contributed by atoms with Gasteiger partial charge in [-0.1, -0.05) is 6.58 Å². The zero-order valence-corrected chi connectivity index (χ0v) is 9.30. The lowest BCUT2D eigenvalue weighted by Crippen LogP contribution is -2.01. The molecule has 3 nitrogen and oxygen atoms in total. The highest BCUT2D eigenvalue weighted by atomic mass is 32.2. The van der Waals surface area contributed by atoms with E-state index in [1.54, 1.807) is 0 Å². The van der Waals surface area contributed by atoms with Gasteiger partial charge in [0, 0.05) is 21.9 Å². The Hall–Kier alpha value is -1.42. The Morgan fingerprint density at radius 2 is 2.27 bits per heavy atom. The van der Waals surface area contributed by atoms with Gasteiger partial charge < -0.3 is 10.8 Å². The summed E-state index contributed by atoms with van der Waals surface area (Å²) in [7, 11) is 0. The third-order valence-electron chi connectivity index (χ3n) is 1.96. The lowest BCUT2D eigenvalue weighted by molar-refractivity contribution is -0.132. The second kappa shape index (κ2) is 4.89. The molecule has 1 aromatic carbocycles. The zero-order chi connectivity index (χ0) is 11.4. The van der Waals surface area contributed by atoms with Crippen molar-refractivity contribution in [3.05, 3.63) is 35.9 Å². The first-order chi connectivity index (χ1) is 7.00. The van der Waals surface area contributed by atoms with E-state index in [4.69, 9.17) is 10.8 Å². The number of carbonyl (C=O) groups is 1. The maximum absolute atomic E-state index is 10.5. The molecule has 0 saturated heterocycles. The average Bonchev–Trinajstić information content (AvgIpc) is 2.19. The number of nitrogen functional groups attached to an aromatic ring is 1. The number of nitrogens with two attached hydrogens (primary N) is 1. The van der Waals surface area contributed by atoms with Crippen molar-refractivity contribution >= 4 is 23.4 Å². The Bertz CT molecular complexity index is 402. The molecule has 0 fully saturated rings. The fraction of sp³-hybridized carbons (Fsp3) is 0.182. The molecular formula is C11H13NO2S. The third-order valence-corrected chi connectivity index (χ3v) is 3.04. The van der Waals surface area contributed by atoms with E-state index in [1.807, 2.05) is 25.1 Å². The summed E-state index contributed by atoms with van der Waals surface area (Å²) in [6.07, 6.45) is 0. The Balaban J connectivity index is 2.62. The summed E-state index contributed by atoms with van der Waals surface area (Å²) in [4.78, 5) is 11.5. The Kier molecular flexibility index (Phi) is 3.80. The van der Waals surface area contributed by atoms with E-state index in [-0.39, 0.29) is 5.57 Å². The molecule has 3 N–H and O–H groups in total. The first kappa shape index (κ1) is 11.7. The molecule has 0 atom stereocenters. The fourth-order valence-corrected chi connectivity index (χ4v) is 1.86. The smallest absolute Gasteiger partial charge is 0.331 e. The molecule has 0 aliphatic heterocycles. The van der Waals surface area contributed by atoms with Crippen LogP contribution in [0.1, 0.15) is 5.56 Å². The first-order valence-electron chi connectivity index (χ1n) is 4.40. The van der Waals surface area contributed by atoms with Gasteiger partial charge in [-0.25, -0.2) is 4.79 Å². The van der Waals surface area contributed by atoms with Crippen LogP contribution in [0.5, 0.6) is 0 Å². The minimum Gasteiger partial charge on any atom is -0.478 e. The molecule has 0 spiro atoms. The number of rotatable bonds is 4. The van der Waals surface area contributed by atoms with E-state index in [0.717, 1.165) is 16.1 Å². The Morgan fingerprint density at radius 1 is 1.60 bits per heavy atom. The Morgan fingerprint density at radius 3 is 2.80 bits per heavy atom. The molecule has 0 bridgehead atoms. The molecule has 0 heterocycles. The van der Waals surface area contributed by atoms with Crippen molar-refractivity contribution in [3.8, 4) is 0 Å². The normalized spacial score (nSPS) is 9.93. The van der Waals surface area contributed by atoms with Crippen LogP contribution in [0.3, 0.4) is 0 Å². The van der Waals surface area contributed by atoms with Crippen molar-refractivity contribution in [2.75, 3.05) is 11.5 Å². The number of thioether (sulfide) groups is 1. The summed E-state index contributed by atoms with van der Waals surface area (Å²) in [5.74, 6) is -0.562. The van der Waals surface area contributed by atoms with Crippen LogP contribution in [0.2, 0.25) is 0 Å². The van der Waals surface area contributed by atoms with Gasteiger partial charge in [0.25, 0.3) is 0 Å². The molecule has 0 radical (unpaired) electrons. The molecule has 0 saturated carbocycles. The van der Waals surface area contributed by atoms with Gasteiger partial charge in [-0.05, 0) is 30.7 Å². The van der Waals surface area contributed by atoms with Crippen molar-refractivity contribution in [1.82, 2.24) is 0 Å². The van der Waals surface area contributed by atoms with Gasteiger partial charge in [-0.2, -0.15) is 0 Å². The van der Waals surface area contributed by atoms with Gasteiger partial charge in [0.2, 0.25) is 0 Å². The van der Waals surface area contributed by atoms with Crippen LogP contribution in [0.25, 0.3) is 0 Å². The zero-order valence-electron chi connectivity index (χ0n) is 8.49. The van der Waals surface area contributed by atoms with Crippen molar-refractivity contribution < 1.29 is 9.90 Å². The molecule has 0 aliphatic carbocycles. The van der Waals surface area contributed by atoms with Crippen LogP contribution in [-0.2, 0) is 4.79 Å². The van der Waals surface area contributed by atoms with Crippen LogP contribution in [0, 0.1) is 6.92 Å². The Labute approximate surface area is 93.0 Å². The monoisotopic (exact) mass is 223 g/mol. The fourth-order valence-electron chi connectivity index (χ4n) is 0.970. The molecule has 80 valence electrons. The molecule has 0 amide bonds. The van der Waals surface area contributed by atoms with Crippen LogP contribution in [-0.4, -0.2) is 16.8 Å². The first-order valence-corrected chi connectivity index (χ1v) is 5.39. The predicted octanol–water partition coefficient (Wildman–Crippen LogP) is 2.31. The maximum atomic E-state index is 10.5.